The first-order chi connectivity index (χ1) is 10.5. The van der Waals surface area contributed by atoms with E-state index in [0.717, 1.165) is 5.56 Å². The molecule has 6 heteroatoms. The van der Waals surface area contributed by atoms with Crippen LogP contribution in [-0.4, -0.2) is 12.0 Å². The molecule has 0 aliphatic heterocycles. The lowest BCUT2D eigenvalue weighted by atomic mass is 10.2. The Morgan fingerprint density at radius 3 is 2.55 bits per heavy atom. The molecule has 22 heavy (non-hydrogen) atoms. The Hall–Kier alpha value is -1.42. The van der Waals surface area contributed by atoms with E-state index in [9.17, 15) is 4.79 Å². The van der Waals surface area contributed by atoms with Crippen LogP contribution in [-0.2, 0) is 11.3 Å². The number of hydrogen-bond acceptors (Lipinski definition) is 2. The molecule has 0 fully saturated rings. The topological polar surface area (TPSA) is 38.3 Å². The second-order valence-electron chi connectivity index (χ2n) is 4.64. The fraction of sp³-hybridized carbons (Fsp3) is 0.188. The van der Waals surface area contributed by atoms with Crippen molar-refractivity contribution in [2.45, 2.75) is 19.6 Å². The van der Waals surface area contributed by atoms with Crippen LogP contribution in [0.3, 0.4) is 0 Å². The normalized spacial score (nSPS) is 11.8. The molecule has 0 spiro atoms. The first-order valence-corrected chi connectivity index (χ1v) is 7.73. The number of carbonyl (C=O) groups is 1. The molecule has 1 atom stereocenters. The summed E-state index contributed by atoms with van der Waals surface area (Å²) in [6.07, 6.45) is -0.675. The largest absolute Gasteiger partial charge is 0.479 e. The number of nitrogens with one attached hydrogen (secondary N) is 1. The minimum Gasteiger partial charge on any atom is -0.479 e. The maximum atomic E-state index is 12.1. The highest BCUT2D eigenvalue weighted by Gasteiger charge is 2.16. The van der Waals surface area contributed by atoms with Gasteiger partial charge in [-0.2, -0.15) is 0 Å². The van der Waals surface area contributed by atoms with Gasteiger partial charge in [-0.3, -0.25) is 4.79 Å². The average Bonchev–Trinajstić information content (AvgIpc) is 2.48. The number of ether oxygens (including phenoxy) is 1. The molecule has 0 radical (unpaired) electrons. The first-order valence-electron chi connectivity index (χ1n) is 6.60. The van der Waals surface area contributed by atoms with Crippen molar-refractivity contribution in [3.8, 4) is 5.75 Å². The van der Waals surface area contributed by atoms with Crippen LogP contribution < -0.4 is 10.1 Å². The lowest BCUT2D eigenvalue weighted by Crippen LogP contribution is -2.36. The molecule has 0 bridgehead atoms. The molecule has 2 aromatic carbocycles. The minimum atomic E-state index is -0.675. The van der Waals surface area contributed by atoms with Crippen molar-refractivity contribution in [2.24, 2.45) is 0 Å². The average molecular weight is 359 g/mol. The van der Waals surface area contributed by atoms with Crippen molar-refractivity contribution >= 4 is 40.7 Å². The zero-order valence-corrected chi connectivity index (χ0v) is 14.0. The molecule has 1 N–H and O–H groups in total. The zero-order chi connectivity index (χ0) is 16.1. The molecule has 2 rings (SSSR count). The van der Waals surface area contributed by atoms with E-state index in [1.54, 1.807) is 49.4 Å². The molecule has 0 aliphatic carbocycles. The number of amides is 1. The fourth-order valence-electron chi connectivity index (χ4n) is 1.78. The summed E-state index contributed by atoms with van der Waals surface area (Å²) >= 11 is 17.9. The third-order valence-corrected chi connectivity index (χ3v) is 3.88. The van der Waals surface area contributed by atoms with E-state index < -0.39 is 6.10 Å². The summed E-state index contributed by atoms with van der Waals surface area (Å²) in [5.74, 6) is 0.210. The lowest BCUT2D eigenvalue weighted by Gasteiger charge is -2.16. The summed E-state index contributed by atoms with van der Waals surface area (Å²) in [7, 11) is 0. The van der Waals surface area contributed by atoms with E-state index in [-0.39, 0.29) is 5.91 Å². The summed E-state index contributed by atoms with van der Waals surface area (Å²) in [5.41, 5.74) is 0.782. The Morgan fingerprint density at radius 1 is 1.14 bits per heavy atom. The molecule has 3 nitrogen and oxygen atoms in total. The maximum Gasteiger partial charge on any atom is 0.261 e. The van der Waals surface area contributed by atoms with Gasteiger partial charge in [-0.25, -0.2) is 0 Å². The number of carbonyl (C=O) groups excluding carboxylic acids is 1. The highest BCUT2D eigenvalue weighted by Crippen LogP contribution is 2.24. The molecular weight excluding hydrogens is 345 g/mol. The van der Waals surface area contributed by atoms with Gasteiger partial charge in [0.2, 0.25) is 0 Å². The Labute approximate surface area is 144 Å². The molecule has 2 aromatic rings. The van der Waals surface area contributed by atoms with Gasteiger partial charge in [0.05, 0.1) is 5.02 Å². The van der Waals surface area contributed by atoms with Crippen LogP contribution in [0.25, 0.3) is 0 Å². The summed E-state index contributed by atoms with van der Waals surface area (Å²) < 4.78 is 5.55. The van der Waals surface area contributed by atoms with Crippen molar-refractivity contribution in [3.63, 3.8) is 0 Å². The summed E-state index contributed by atoms with van der Waals surface area (Å²) in [4.78, 5) is 12.1. The van der Waals surface area contributed by atoms with Crippen molar-refractivity contribution in [2.75, 3.05) is 0 Å². The van der Waals surface area contributed by atoms with E-state index in [0.29, 0.717) is 27.4 Å². The van der Waals surface area contributed by atoms with Gasteiger partial charge in [-0.15, -0.1) is 0 Å². The third kappa shape index (κ3) is 4.54. The van der Waals surface area contributed by atoms with Gasteiger partial charge in [-0.05, 0) is 36.8 Å². The highest BCUT2D eigenvalue weighted by atomic mass is 35.5. The molecule has 0 heterocycles. The number of benzene rings is 2. The highest BCUT2D eigenvalue weighted by molar-refractivity contribution is 6.35. The van der Waals surface area contributed by atoms with Gasteiger partial charge in [-0.1, -0.05) is 53.0 Å². The Morgan fingerprint density at radius 2 is 1.86 bits per heavy atom. The van der Waals surface area contributed by atoms with Crippen LogP contribution in [0.5, 0.6) is 5.75 Å². The smallest absolute Gasteiger partial charge is 0.261 e. The summed E-state index contributed by atoms with van der Waals surface area (Å²) in [6, 6.07) is 12.1. The minimum absolute atomic E-state index is 0.258. The van der Waals surface area contributed by atoms with Crippen LogP contribution >= 0.6 is 34.8 Å². The van der Waals surface area contributed by atoms with Crippen LogP contribution in [0, 0.1) is 0 Å². The third-order valence-electron chi connectivity index (χ3n) is 2.98. The maximum absolute atomic E-state index is 12.1. The predicted octanol–water partition coefficient (Wildman–Crippen LogP) is 4.73. The van der Waals surface area contributed by atoms with Gasteiger partial charge in [0.25, 0.3) is 5.91 Å². The Kier molecular flexibility index (Phi) is 5.95. The molecule has 0 unspecified atom stereocenters. The molecular formula is C16H14Cl3NO2. The number of hydrogen-bond donors (Lipinski definition) is 1. The summed E-state index contributed by atoms with van der Waals surface area (Å²) in [6.45, 7) is 1.95. The molecule has 116 valence electrons. The van der Waals surface area contributed by atoms with E-state index >= 15 is 0 Å². The second-order valence-corrected chi connectivity index (χ2v) is 5.89. The fourth-order valence-corrected chi connectivity index (χ4v) is 2.43. The van der Waals surface area contributed by atoms with Crippen molar-refractivity contribution in [1.29, 1.82) is 0 Å². The molecule has 0 saturated heterocycles. The van der Waals surface area contributed by atoms with Gasteiger partial charge >= 0.3 is 0 Å². The van der Waals surface area contributed by atoms with Gasteiger partial charge in [0, 0.05) is 16.6 Å². The Balaban J connectivity index is 1.93. The van der Waals surface area contributed by atoms with Crippen molar-refractivity contribution < 1.29 is 9.53 Å². The van der Waals surface area contributed by atoms with E-state index in [2.05, 4.69) is 5.32 Å². The monoisotopic (exact) mass is 357 g/mol. The lowest BCUT2D eigenvalue weighted by molar-refractivity contribution is -0.127. The Bertz CT molecular complexity index is 676. The van der Waals surface area contributed by atoms with Crippen molar-refractivity contribution in [3.05, 3.63) is 63.1 Å². The number of halogens is 3. The van der Waals surface area contributed by atoms with Gasteiger partial charge in [0.15, 0.2) is 6.10 Å². The van der Waals surface area contributed by atoms with Crippen LogP contribution in [0.4, 0.5) is 0 Å². The predicted molar refractivity (Wildman–Crippen MR) is 89.9 cm³/mol. The molecule has 0 aliphatic rings. The zero-order valence-electron chi connectivity index (χ0n) is 11.8. The van der Waals surface area contributed by atoms with Crippen LogP contribution in [0.15, 0.2) is 42.5 Å². The SMILES string of the molecule is C[C@@H](Oc1ccccc1Cl)C(=O)NCc1ccc(Cl)cc1Cl. The first kappa shape index (κ1) is 16.9. The molecule has 0 saturated carbocycles. The van der Waals surface area contributed by atoms with Gasteiger partial charge in [0.1, 0.15) is 5.75 Å². The number of para-hydroxylation sites is 1. The van der Waals surface area contributed by atoms with E-state index in [1.807, 2.05) is 0 Å². The second kappa shape index (κ2) is 7.73. The van der Waals surface area contributed by atoms with Gasteiger partial charge < -0.3 is 10.1 Å². The van der Waals surface area contributed by atoms with E-state index in [4.69, 9.17) is 39.5 Å². The number of rotatable bonds is 5. The quantitative estimate of drug-likeness (QED) is 0.839. The van der Waals surface area contributed by atoms with Crippen LogP contribution in [0.2, 0.25) is 15.1 Å². The molecule has 0 aromatic heterocycles. The summed E-state index contributed by atoms with van der Waals surface area (Å²) in [5, 5.41) is 4.28. The van der Waals surface area contributed by atoms with Crippen LogP contribution in [0.1, 0.15) is 12.5 Å². The standard InChI is InChI=1S/C16H14Cl3NO2/c1-10(22-15-5-3-2-4-13(15)18)16(21)20-9-11-6-7-12(17)8-14(11)19/h2-8,10H,9H2,1H3,(H,20,21)/t10-/m1/s1. The van der Waals surface area contributed by atoms with Crippen molar-refractivity contribution in [1.82, 2.24) is 5.32 Å². The van der Waals surface area contributed by atoms with E-state index in [1.165, 1.54) is 0 Å². The molecule has 1 amide bonds.